The van der Waals surface area contributed by atoms with Crippen LogP contribution in [0.5, 0.6) is 0 Å². The van der Waals surface area contributed by atoms with Gasteiger partial charge in [0, 0.05) is 35.3 Å². The number of piperidine rings is 1. The third kappa shape index (κ3) is 5.10. The number of pyridine rings is 1. The molecule has 3 atom stereocenters. The molecule has 1 aliphatic carbocycles. The van der Waals surface area contributed by atoms with Gasteiger partial charge in [-0.15, -0.1) is 0 Å². The largest absolute Gasteiger partial charge is 0.349 e. The molecule has 2 fully saturated rings. The van der Waals surface area contributed by atoms with E-state index in [0.717, 1.165) is 43.4 Å². The highest BCUT2D eigenvalue weighted by molar-refractivity contribution is 5.94. The predicted octanol–water partition coefficient (Wildman–Crippen LogP) is 4.70. The quantitative estimate of drug-likeness (QED) is 0.518. The van der Waals surface area contributed by atoms with Crippen molar-refractivity contribution < 1.29 is 4.79 Å². The van der Waals surface area contributed by atoms with Crippen molar-refractivity contribution in [3.05, 3.63) is 77.5 Å². The molecule has 33 heavy (non-hydrogen) atoms. The van der Waals surface area contributed by atoms with Crippen LogP contribution in [0.4, 0.5) is 0 Å². The molecular weight excluding hydrogens is 408 g/mol. The average molecular weight is 443 g/mol. The number of hydrogen-bond acceptors (Lipinski definition) is 4. The maximum absolute atomic E-state index is 12.6. The van der Waals surface area contributed by atoms with Gasteiger partial charge in [0.15, 0.2) is 0 Å². The minimum absolute atomic E-state index is 0.0527. The van der Waals surface area contributed by atoms with Crippen molar-refractivity contribution in [2.45, 2.75) is 63.1 Å². The third-order valence-corrected chi connectivity index (χ3v) is 7.37. The average Bonchev–Trinajstić information content (AvgIpc) is 3.33. The summed E-state index contributed by atoms with van der Waals surface area (Å²) >= 11 is 0. The molecule has 5 heteroatoms. The van der Waals surface area contributed by atoms with Crippen LogP contribution in [0.2, 0.25) is 0 Å². The normalized spacial score (nSPS) is 22.3. The molecule has 1 aliphatic heterocycles. The Kier molecular flexibility index (Phi) is 6.70. The summed E-state index contributed by atoms with van der Waals surface area (Å²) < 4.78 is 0. The van der Waals surface area contributed by atoms with E-state index in [2.05, 4.69) is 64.3 Å². The lowest BCUT2D eigenvalue weighted by Gasteiger charge is -2.23. The maximum Gasteiger partial charge on any atom is 0.251 e. The van der Waals surface area contributed by atoms with E-state index < -0.39 is 0 Å². The summed E-state index contributed by atoms with van der Waals surface area (Å²) in [5.41, 5.74) is 4.47. The minimum Gasteiger partial charge on any atom is -0.349 e. The maximum atomic E-state index is 12.6. The lowest BCUT2D eigenvalue weighted by Crippen LogP contribution is -2.42. The summed E-state index contributed by atoms with van der Waals surface area (Å²) in [6, 6.07) is 19.9. The molecule has 2 aromatic carbocycles. The number of nitrogens with zero attached hydrogens (tertiary/aromatic N) is 1. The zero-order valence-electron chi connectivity index (χ0n) is 19.4. The van der Waals surface area contributed by atoms with Crippen LogP contribution in [0.3, 0.4) is 0 Å². The Labute approximate surface area is 196 Å². The number of amides is 1. The second-order valence-electron chi connectivity index (χ2n) is 9.64. The first-order valence-corrected chi connectivity index (χ1v) is 12.4. The number of para-hydroxylation sites is 1. The molecule has 3 N–H and O–H groups in total. The molecule has 0 spiro atoms. The molecule has 1 aromatic heterocycles. The van der Waals surface area contributed by atoms with E-state index in [1.807, 2.05) is 24.4 Å². The molecule has 5 rings (SSSR count). The molecular formula is C28H34N4O. The number of carbonyl (C=O) groups is 1. The highest BCUT2D eigenvalue weighted by atomic mass is 16.1. The molecule has 2 aliphatic rings. The smallest absolute Gasteiger partial charge is 0.251 e. The number of rotatable bonds is 6. The van der Waals surface area contributed by atoms with Crippen molar-refractivity contribution in [3.8, 4) is 0 Å². The summed E-state index contributed by atoms with van der Waals surface area (Å²) in [6.07, 6.45) is 7.37. The Morgan fingerprint density at radius 2 is 1.76 bits per heavy atom. The first kappa shape index (κ1) is 22.1. The van der Waals surface area contributed by atoms with Gasteiger partial charge in [-0.05, 0) is 87.4 Å². The Bertz CT molecular complexity index is 1090. The zero-order valence-corrected chi connectivity index (χ0v) is 19.4. The molecule has 3 aromatic rings. The molecule has 1 saturated heterocycles. The van der Waals surface area contributed by atoms with Crippen LogP contribution in [0.15, 0.2) is 60.8 Å². The summed E-state index contributed by atoms with van der Waals surface area (Å²) in [6.45, 7) is 4.21. The van der Waals surface area contributed by atoms with E-state index >= 15 is 0 Å². The fourth-order valence-corrected chi connectivity index (χ4v) is 5.50. The predicted molar refractivity (Wildman–Crippen MR) is 133 cm³/mol. The fourth-order valence-electron chi connectivity index (χ4n) is 5.50. The number of carbonyl (C=O) groups excluding carboxylic acids is 1. The van der Waals surface area contributed by atoms with E-state index in [-0.39, 0.29) is 11.9 Å². The highest BCUT2D eigenvalue weighted by Crippen LogP contribution is 2.36. The Morgan fingerprint density at radius 1 is 0.970 bits per heavy atom. The molecule has 5 nitrogen and oxygen atoms in total. The van der Waals surface area contributed by atoms with Gasteiger partial charge >= 0.3 is 0 Å². The summed E-state index contributed by atoms with van der Waals surface area (Å²) in [5.74, 6) is 0.596. The third-order valence-electron chi connectivity index (χ3n) is 7.37. The van der Waals surface area contributed by atoms with Gasteiger partial charge in [0.1, 0.15) is 0 Å². The number of benzene rings is 2. The van der Waals surface area contributed by atoms with Crippen molar-refractivity contribution in [2.24, 2.45) is 0 Å². The minimum atomic E-state index is 0.0527. The van der Waals surface area contributed by atoms with Gasteiger partial charge < -0.3 is 16.0 Å². The Morgan fingerprint density at radius 3 is 2.58 bits per heavy atom. The zero-order chi connectivity index (χ0) is 22.6. The number of aromatic nitrogens is 1. The van der Waals surface area contributed by atoms with Gasteiger partial charge in [0.25, 0.3) is 5.91 Å². The van der Waals surface area contributed by atoms with Crippen LogP contribution in [0.1, 0.15) is 72.5 Å². The van der Waals surface area contributed by atoms with Gasteiger partial charge in [0.05, 0.1) is 5.52 Å². The molecule has 0 bridgehead atoms. The molecule has 2 heterocycles. The molecule has 1 unspecified atom stereocenters. The lowest BCUT2D eigenvalue weighted by atomic mass is 9.96. The van der Waals surface area contributed by atoms with Crippen molar-refractivity contribution in [1.82, 2.24) is 20.9 Å². The van der Waals surface area contributed by atoms with E-state index in [0.29, 0.717) is 18.0 Å². The molecule has 172 valence electrons. The summed E-state index contributed by atoms with van der Waals surface area (Å²) in [5, 5.41) is 11.6. The van der Waals surface area contributed by atoms with Crippen LogP contribution in [-0.4, -0.2) is 36.1 Å². The first-order chi connectivity index (χ1) is 16.2. The van der Waals surface area contributed by atoms with E-state index in [9.17, 15) is 4.79 Å². The van der Waals surface area contributed by atoms with Gasteiger partial charge in [-0.2, -0.15) is 0 Å². The van der Waals surface area contributed by atoms with E-state index in [4.69, 9.17) is 0 Å². The van der Waals surface area contributed by atoms with Crippen LogP contribution in [-0.2, 0) is 0 Å². The Balaban J connectivity index is 1.18. The molecule has 1 amide bonds. The molecule has 1 saturated carbocycles. The SMILES string of the molecule is C[C@@H](N[C@H]1CCC(c2ccc(C(=O)NC3CCNCC3)cc2)C1)c1cccc2cccnc12. The van der Waals surface area contributed by atoms with E-state index in [1.54, 1.807) is 0 Å². The van der Waals surface area contributed by atoms with Gasteiger partial charge in [-0.3, -0.25) is 9.78 Å². The van der Waals surface area contributed by atoms with Crippen LogP contribution >= 0.6 is 0 Å². The summed E-state index contributed by atoms with van der Waals surface area (Å²) in [7, 11) is 0. The van der Waals surface area contributed by atoms with Crippen LogP contribution < -0.4 is 16.0 Å². The van der Waals surface area contributed by atoms with Crippen molar-refractivity contribution in [2.75, 3.05) is 13.1 Å². The second-order valence-corrected chi connectivity index (χ2v) is 9.64. The number of hydrogen-bond donors (Lipinski definition) is 3. The van der Waals surface area contributed by atoms with Gasteiger partial charge in [-0.1, -0.05) is 36.4 Å². The van der Waals surface area contributed by atoms with Gasteiger partial charge in [0.2, 0.25) is 0 Å². The number of nitrogens with one attached hydrogen (secondary N) is 3. The van der Waals surface area contributed by atoms with Gasteiger partial charge in [-0.25, -0.2) is 0 Å². The topological polar surface area (TPSA) is 66.1 Å². The van der Waals surface area contributed by atoms with Crippen molar-refractivity contribution in [3.63, 3.8) is 0 Å². The highest BCUT2D eigenvalue weighted by Gasteiger charge is 2.27. The van der Waals surface area contributed by atoms with Crippen LogP contribution in [0, 0.1) is 0 Å². The monoisotopic (exact) mass is 442 g/mol. The summed E-state index contributed by atoms with van der Waals surface area (Å²) in [4.78, 5) is 17.2. The van der Waals surface area contributed by atoms with Crippen molar-refractivity contribution in [1.29, 1.82) is 0 Å². The fraction of sp³-hybridized carbons (Fsp3) is 0.429. The second kappa shape index (κ2) is 10.0. The number of fused-ring (bicyclic) bond motifs is 1. The standard InChI is InChI=1S/C28H34N4O/c1-19(26-6-2-4-21-5-3-15-30-27(21)26)31-25-12-11-23(18-25)20-7-9-22(10-8-20)28(33)32-24-13-16-29-17-14-24/h2-10,15,19,23-25,29,31H,11-14,16-18H2,1H3,(H,32,33)/t19-,23?,25+/m1/s1. The van der Waals surface area contributed by atoms with Crippen LogP contribution in [0.25, 0.3) is 10.9 Å². The van der Waals surface area contributed by atoms with Crippen molar-refractivity contribution >= 4 is 16.8 Å². The first-order valence-electron chi connectivity index (χ1n) is 12.4. The van der Waals surface area contributed by atoms with E-state index in [1.165, 1.54) is 29.4 Å². The lowest BCUT2D eigenvalue weighted by molar-refractivity contribution is 0.0929. The molecule has 0 radical (unpaired) electrons. The Hall–Kier alpha value is -2.76.